The van der Waals surface area contributed by atoms with Gasteiger partial charge in [0.2, 0.25) is 0 Å². The Morgan fingerprint density at radius 1 is 1.36 bits per heavy atom. The van der Waals surface area contributed by atoms with Crippen LogP contribution >= 0.6 is 11.8 Å². The van der Waals surface area contributed by atoms with Gasteiger partial charge in [0.05, 0.1) is 0 Å². The van der Waals surface area contributed by atoms with Crippen LogP contribution in [-0.4, -0.2) is 5.04 Å². The Morgan fingerprint density at radius 3 is 2.82 bits per heavy atom. The first-order valence-corrected chi connectivity index (χ1v) is 3.85. The van der Waals surface area contributed by atoms with E-state index < -0.39 is 0 Å². The molecule has 0 aromatic rings. The topological polar surface area (TPSA) is 42.9 Å². The fourth-order valence-corrected chi connectivity index (χ4v) is 1.21. The van der Waals surface area contributed by atoms with E-state index in [1.807, 2.05) is 5.41 Å². The van der Waals surface area contributed by atoms with Gasteiger partial charge in [-0.2, -0.15) is 5.10 Å². The fraction of sp³-hybridized carbons (Fsp3) is 0. The van der Waals surface area contributed by atoms with Crippen molar-refractivity contribution in [3.05, 3.63) is 30.4 Å². The van der Waals surface area contributed by atoms with Crippen LogP contribution < -0.4 is 5.43 Å². The van der Waals surface area contributed by atoms with Crippen LogP contribution in [0.1, 0.15) is 0 Å². The molecule has 2 heterocycles. The third-order valence-corrected chi connectivity index (χ3v) is 1.82. The van der Waals surface area contributed by atoms with Crippen molar-refractivity contribution < 1.29 is 9.47 Å². The fourth-order valence-electron chi connectivity index (χ4n) is 0.653. The van der Waals surface area contributed by atoms with E-state index in [9.17, 15) is 0 Å². The number of nitrogens with one attached hydrogen (secondary N) is 1. The zero-order valence-corrected chi connectivity index (χ0v) is 6.30. The lowest BCUT2D eigenvalue weighted by Gasteiger charge is -2.10. The van der Waals surface area contributed by atoms with Crippen molar-refractivity contribution in [1.29, 1.82) is 0 Å². The van der Waals surface area contributed by atoms with Crippen LogP contribution in [0.15, 0.2) is 29.2 Å². The number of rotatable bonds is 1. The van der Waals surface area contributed by atoms with Gasteiger partial charge in [0.25, 0.3) is 0 Å². The average Bonchev–Trinajstić information content (AvgIpc) is 2.58. The molecule has 0 aromatic carbocycles. The zero-order chi connectivity index (χ0) is 7.52. The third kappa shape index (κ3) is 1.32. The van der Waals surface area contributed by atoms with E-state index in [0.29, 0.717) is 11.3 Å². The SMILES string of the molecule is C1=CSC([C]2OC=CO2)=NN1. The van der Waals surface area contributed by atoms with Gasteiger partial charge < -0.3 is 9.47 Å². The quantitative estimate of drug-likeness (QED) is 0.638. The van der Waals surface area contributed by atoms with E-state index in [1.54, 1.807) is 6.20 Å². The standard InChI is InChI=1S/C6H5N2O2S/c1-4-11-5(8-7-1)6-9-2-3-10-6/h1-4,7H. The molecule has 11 heavy (non-hydrogen) atoms. The summed E-state index contributed by atoms with van der Waals surface area (Å²) in [4.78, 5) is 0. The molecule has 0 bridgehead atoms. The lowest BCUT2D eigenvalue weighted by molar-refractivity contribution is 0.144. The first kappa shape index (κ1) is 6.60. The molecule has 0 aliphatic carbocycles. The van der Waals surface area contributed by atoms with Crippen LogP contribution in [0.2, 0.25) is 0 Å². The molecule has 0 amide bonds. The van der Waals surface area contributed by atoms with Crippen LogP contribution in [0.4, 0.5) is 0 Å². The van der Waals surface area contributed by atoms with Crippen molar-refractivity contribution in [3.8, 4) is 0 Å². The molecule has 1 N–H and O–H groups in total. The lowest BCUT2D eigenvalue weighted by atomic mass is 10.7. The Labute approximate surface area is 67.9 Å². The Bertz CT molecular complexity index is 229. The monoisotopic (exact) mass is 169 g/mol. The normalized spacial score (nSPS) is 22.0. The number of nitrogens with zero attached hydrogens (tertiary/aromatic N) is 1. The lowest BCUT2D eigenvalue weighted by Crippen LogP contribution is -2.14. The van der Waals surface area contributed by atoms with Crippen LogP contribution in [-0.2, 0) is 9.47 Å². The summed E-state index contributed by atoms with van der Waals surface area (Å²) in [7, 11) is 0. The Kier molecular flexibility index (Phi) is 1.72. The molecule has 2 aliphatic rings. The van der Waals surface area contributed by atoms with Gasteiger partial charge in [-0.25, -0.2) is 0 Å². The van der Waals surface area contributed by atoms with Gasteiger partial charge in [-0.15, -0.1) is 0 Å². The summed E-state index contributed by atoms with van der Waals surface area (Å²) in [5.74, 6) is 0. The molecular formula is C6H5N2O2S. The second-order valence-corrected chi connectivity index (χ2v) is 2.66. The molecule has 2 aliphatic heterocycles. The number of hydrogen-bond acceptors (Lipinski definition) is 5. The van der Waals surface area contributed by atoms with E-state index in [-0.39, 0.29) is 0 Å². The second kappa shape index (κ2) is 2.87. The number of thioether (sulfide) groups is 1. The minimum Gasteiger partial charge on any atom is -0.445 e. The summed E-state index contributed by atoms with van der Waals surface area (Å²) in [5, 5.41) is 6.48. The number of ether oxygens (including phenoxy) is 2. The van der Waals surface area contributed by atoms with Gasteiger partial charge in [0.1, 0.15) is 12.5 Å². The highest BCUT2D eigenvalue weighted by molar-refractivity contribution is 8.16. The maximum Gasteiger partial charge on any atom is 0.390 e. The van der Waals surface area contributed by atoms with E-state index in [4.69, 9.17) is 9.47 Å². The highest BCUT2D eigenvalue weighted by Crippen LogP contribution is 2.24. The van der Waals surface area contributed by atoms with Crippen LogP contribution in [0.3, 0.4) is 0 Å². The Morgan fingerprint density at radius 2 is 2.18 bits per heavy atom. The smallest absolute Gasteiger partial charge is 0.390 e. The zero-order valence-electron chi connectivity index (χ0n) is 5.48. The molecular weight excluding hydrogens is 164 g/mol. The first-order valence-electron chi connectivity index (χ1n) is 2.97. The van der Waals surface area contributed by atoms with Gasteiger partial charge in [-0.1, -0.05) is 11.8 Å². The van der Waals surface area contributed by atoms with Crippen molar-refractivity contribution in [1.82, 2.24) is 5.43 Å². The molecule has 0 fully saturated rings. The largest absolute Gasteiger partial charge is 0.445 e. The van der Waals surface area contributed by atoms with Crippen molar-refractivity contribution in [2.45, 2.75) is 0 Å². The second-order valence-electron chi connectivity index (χ2n) is 1.76. The summed E-state index contributed by atoms with van der Waals surface area (Å²) in [5.41, 5.74) is 2.69. The molecule has 0 aromatic heterocycles. The van der Waals surface area contributed by atoms with Crippen molar-refractivity contribution in [3.63, 3.8) is 0 Å². The van der Waals surface area contributed by atoms with Gasteiger partial charge in [-0.3, -0.25) is 5.43 Å². The molecule has 0 saturated carbocycles. The first-order chi connectivity index (χ1) is 5.47. The molecule has 57 valence electrons. The predicted octanol–water partition coefficient (Wildman–Crippen LogP) is 1.11. The van der Waals surface area contributed by atoms with Crippen molar-refractivity contribution in [2.75, 3.05) is 0 Å². The van der Waals surface area contributed by atoms with E-state index in [1.165, 1.54) is 24.3 Å². The maximum absolute atomic E-state index is 4.98. The molecule has 4 nitrogen and oxygen atoms in total. The summed E-state index contributed by atoms with van der Waals surface area (Å²) in [6.45, 7) is 0. The molecule has 0 unspecified atom stereocenters. The van der Waals surface area contributed by atoms with Crippen LogP contribution in [0.25, 0.3) is 0 Å². The minimum atomic E-state index is 0.423. The van der Waals surface area contributed by atoms with Gasteiger partial charge in [0.15, 0.2) is 5.04 Å². The van der Waals surface area contributed by atoms with Gasteiger partial charge >= 0.3 is 6.29 Å². The number of hydrazone groups is 1. The Balaban J connectivity index is 1.99. The maximum atomic E-state index is 4.98. The van der Waals surface area contributed by atoms with Gasteiger partial charge in [-0.05, 0) is 5.41 Å². The van der Waals surface area contributed by atoms with Crippen molar-refractivity contribution in [2.24, 2.45) is 5.10 Å². The molecule has 2 rings (SSSR count). The summed E-state index contributed by atoms with van der Waals surface area (Å²) < 4.78 is 9.96. The molecule has 0 atom stereocenters. The third-order valence-electron chi connectivity index (χ3n) is 1.07. The molecule has 1 radical (unpaired) electrons. The van der Waals surface area contributed by atoms with E-state index in [2.05, 4.69) is 10.5 Å². The highest BCUT2D eigenvalue weighted by atomic mass is 32.2. The molecule has 0 saturated heterocycles. The van der Waals surface area contributed by atoms with E-state index >= 15 is 0 Å². The minimum absolute atomic E-state index is 0.423. The summed E-state index contributed by atoms with van der Waals surface area (Å²) in [6, 6.07) is 0. The van der Waals surface area contributed by atoms with Crippen molar-refractivity contribution >= 4 is 16.8 Å². The summed E-state index contributed by atoms with van der Waals surface area (Å²) >= 11 is 1.44. The van der Waals surface area contributed by atoms with E-state index in [0.717, 1.165) is 0 Å². The van der Waals surface area contributed by atoms with Gasteiger partial charge in [0, 0.05) is 6.20 Å². The Hall–Kier alpha value is -1.10. The molecule has 5 heteroatoms. The predicted molar refractivity (Wildman–Crippen MR) is 41.9 cm³/mol. The van der Waals surface area contributed by atoms with Crippen LogP contribution in [0.5, 0.6) is 0 Å². The molecule has 0 spiro atoms. The highest BCUT2D eigenvalue weighted by Gasteiger charge is 2.24. The number of hydrogen-bond donors (Lipinski definition) is 1. The summed E-state index contributed by atoms with van der Waals surface area (Å²) in [6.07, 6.45) is 5.09. The van der Waals surface area contributed by atoms with Crippen LogP contribution in [0, 0.1) is 6.29 Å². The average molecular weight is 169 g/mol.